The van der Waals surface area contributed by atoms with Gasteiger partial charge in [-0.05, 0) is 6.92 Å². The molecule has 0 spiro atoms. The van der Waals surface area contributed by atoms with Gasteiger partial charge in [0.2, 0.25) is 0 Å². The fourth-order valence-electron chi connectivity index (χ4n) is 0.0913. The summed E-state index contributed by atoms with van der Waals surface area (Å²) >= 11 is 3.09. The second-order valence-electron chi connectivity index (χ2n) is 0.894. The van der Waals surface area contributed by atoms with E-state index in [-0.39, 0.29) is 6.61 Å². The molecular weight excluding hydrogens is 144 g/mol. The first-order chi connectivity index (χ1) is 2.81. The highest BCUT2D eigenvalue weighted by Gasteiger charge is 1.77. The molecule has 0 amide bonds. The molecule has 0 aromatic rings. The van der Waals surface area contributed by atoms with Crippen LogP contribution in [0.25, 0.3) is 0 Å². The smallest absolute Gasteiger partial charge is 0.0743 e. The fraction of sp³-hybridized carbons (Fsp3) is 0.500. The van der Waals surface area contributed by atoms with Crippen LogP contribution in [0, 0.1) is 0 Å². The van der Waals surface area contributed by atoms with Crippen molar-refractivity contribution in [1.29, 1.82) is 0 Å². The molecule has 1 N–H and O–H groups in total. The summed E-state index contributed by atoms with van der Waals surface area (Å²) in [6, 6.07) is 0. The molecule has 0 bridgehead atoms. The van der Waals surface area contributed by atoms with Gasteiger partial charge in [0.05, 0.1) is 6.61 Å². The summed E-state index contributed by atoms with van der Waals surface area (Å²) in [5.74, 6) is 0. The molecule has 0 aromatic heterocycles. The molecule has 2 heteroatoms. The number of hydrogen-bond acceptors (Lipinski definition) is 1. The highest BCUT2D eigenvalue weighted by molar-refractivity contribution is 9.11. The zero-order valence-electron chi connectivity index (χ0n) is 3.61. The Morgan fingerprint density at radius 1 is 2.00 bits per heavy atom. The highest BCUT2D eigenvalue weighted by atomic mass is 79.9. The van der Waals surface area contributed by atoms with Crippen molar-refractivity contribution in [3.63, 3.8) is 0 Å². The summed E-state index contributed by atoms with van der Waals surface area (Å²) in [5.41, 5.74) is 0. The molecule has 0 aliphatic carbocycles. The van der Waals surface area contributed by atoms with Crippen molar-refractivity contribution in [1.82, 2.24) is 0 Å². The lowest BCUT2D eigenvalue weighted by atomic mass is 10.6. The molecule has 0 saturated heterocycles. The van der Waals surface area contributed by atoms with E-state index >= 15 is 0 Å². The summed E-state index contributed by atoms with van der Waals surface area (Å²) in [7, 11) is 0. The summed E-state index contributed by atoms with van der Waals surface area (Å²) in [4.78, 5) is 0. The van der Waals surface area contributed by atoms with Gasteiger partial charge in [0.1, 0.15) is 0 Å². The molecule has 0 heterocycles. The number of aliphatic hydroxyl groups is 1. The van der Waals surface area contributed by atoms with Crippen molar-refractivity contribution in [2.24, 2.45) is 0 Å². The van der Waals surface area contributed by atoms with Crippen LogP contribution in [-0.4, -0.2) is 11.7 Å². The van der Waals surface area contributed by atoms with E-state index in [0.29, 0.717) is 0 Å². The normalized spacial score (nSPS) is 12.2. The van der Waals surface area contributed by atoms with E-state index in [1.54, 1.807) is 6.08 Å². The van der Waals surface area contributed by atoms with Gasteiger partial charge in [-0.15, -0.1) is 0 Å². The molecule has 0 aliphatic heterocycles. The first-order valence-corrected chi connectivity index (χ1v) is 2.52. The monoisotopic (exact) mass is 150 g/mol. The quantitative estimate of drug-likeness (QED) is 0.598. The summed E-state index contributed by atoms with van der Waals surface area (Å²) in [5, 5.41) is 8.22. The van der Waals surface area contributed by atoms with Crippen molar-refractivity contribution in [3.05, 3.63) is 10.6 Å². The Morgan fingerprint density at radius 3 is 2.50 bits per heavy atom. The van der Waals surface area contributed by atoms with Gasteiger partial charge in [0.15, 0.2) is 0 Å². The number of allylic oxidation sites excluding steroid dienone is 1. The van der Waals surface area contributed by atoms with Crippen LogP contribution in [0.15, 0.2) is 10.6 Å². The van der Waals surface area contributed by atoms with Gasteiger partial charge in [-0.2, -0.15) is 0 Å². The molecule has 0 aromatic carbocycles. The zero-order valence-corrected chi connectivity index (χ0v) is 5.20. The maximum Gasteiger partial charge on any atom is 0.0743 e. The lowest BCUT2D eigenvalue weighted by Gasteiger charge is -1.82. The SMILES string of the molecule is CC=C(Br)CO. The van der Waals surface area contributed by atoms with Gasteiger partial charge in [-0.25, -0.2) is 0 Å². The molecule has 1 nitrogen and oxygen atoms in total. The molecule has 0 fully saturated rings. The molecule has 6 heavy (non-hydrogen) atoms. The lowest BCUT2D eigenvalue weighted by Crippen LogP contribution is -1.75. The maximum absolute atomic E-state index is 8.22. The molecule has 36 valence electrons. The van der Waals surface area contributed by atoms with E-state index in [0.717, 1.165) is 4.48 Å². The van der Waals surface area contributed by atoms with E-state index in [1.165, 1.54) is 0 Å². The molecule has 0 aliphatic rings. The second-order valence-corrected chi connectivity index (χ2v) is 1.91. The Balaban J connectivity index is 3.22. The average molecular weight is 151 g/mol. The lowest BCUT2D eigenvalue weighted by molar-refractivity contribution is 0.340. The van der Waals surface area contributed by atoms with Crippen LogP contribution in [0.5, 0.6) is 0 Å². The number of hydrogen-bond donors (Lipinski definition) is 1. The number of aliphatic hydroxyl groups excluding tert-OH is 1. The zero-order chi connectivity index (χ0) is 4.99. The van der Waals surface area contributed by atoms with Crippen LogP contribution in [-0.2, 0) is 0 Å². The van der Waals surface area contributed by atoms with Gasteiger partial charge in [0, 0.05) is 4.48 Å². The topological polar surface area (TPSA) is 20.2 Å². The van der Waals surface area contributed by atoms with Gasteiger partial charge in [0.25, 0.3) is 0 Å². The van der Waals surface area contributed by atoms with E-state index in [4.69, 9.17) is 5.11 Å². The van der Waals surface area contributed by atoms with Crippen LogP contribution in [0.4, 0.5) is 0 Å². The summed E-state index contributed by atoms with van der Waals surface area (Å²) in [6.07, 6.45) is 1.81. The van der Waals surface area contributed by atoms with Crippen molar-refractivity contribution in [2.45, 2.75) is 6.92 Å². The fourth-order valence-corrected chi connectivity index (χ4v) is 0.0913. The Kier molecular flexibility index (Phi) is 3.47. The van der Waals surface area contributed by atoms with Crippen molar-refractivity contribution < 1.29 is 5.11 Å². The van der Waals surface area contributed by atoms with Crippen LogP contribution < -0.4 is 0 Å². The van der Waals surface area contributed by atoms with Crippen LogP contribution in [0.3, 0.4) is 0 Å². The molecular formula is C4H7BrO. The largest absolute Gasteiger partial charge is 0.391 e. The molecule has 0 saturated carbocycles. The predicted molar refractivity (Wildman–Crippen MR) is 29.8 cm³/mol. The molecule has 0 rings (SSSR count). The third kappa shape index (κ3) is 2.42. The van der Waals surface area contributed by atoms with E-state index in [2.05, 4.69) is 15.9 Å². The first-order valence-electron chi connectivity index (χ1n) is 1.72. The number of halogens is 1. The second kappa shape index (κ2) is 3.37. The minimum Gasteiger partial charge on any atom is -0.391 e. The third-order valence-electron chi connectivity index (χ3n) is 0.464. The van der Waals surface area contributed by atoms with Crippen LogP contribution in [0.2, 0.25) is 0 Å². The minimum atomic E-state index is 0.108. The maximum atomic E-state index is 8.22. The van der Waals surface area contributed by atoms with Crippen LogP contribution in [0.1, 0.15) is 6.92 Å². The van der Waals surface area contributed by atoms with E-state index < -0.39 is 0 Å². The van der Waals surface area contributed by atoms with E-state index in [1.807, 2.05) is 6.92 Å². The van der Waals surface area contributed by atoms with Gasteiger partial charge in [-0.3, -0.25) is 0 Å². The van der Waals surface area contributed by atoms with Crippen molar-refractivity contribution >= 4 is 15.9 Å². The van der Waals surface area contributed by atoms with Crippen molar-refractivity contribution in [2.75, 3.05) is 6.61 Å². The Morgan fingerprint density at radius 2 is 2.50 bits per heavy atom. The van der Waals surface area contributed by atoms with E-state index in [9.17, 15) is 0 Å². The highest BCUT2D eigenvalue weighted by Crippen LogP contribution is 1.99. The van der Waals surface area contributed by atoms with Crippen molar-refractivity contribution in [3.8, 4) is 0 Å². The van der Waals surface area contributed by atoms with Gasteiger partial charge >= 0.3 is 0 Å². The van der Waals surface area contributed by atoms with Gasteiger partial charge in [-0.1, -0.05) is 22.0 Å². The molecule has 0 radical (unpaired) electrons. The van der Waals surface area contributed by atoms with Gasteiger partial charge < -0.3 is 5.11 Å². The Bertz CT molecular complexity index is 58.6. The minimum absolute atomic E-state index is 0.108. The predicted octanol–water partition coefficient (Wildman–Crippen LogP) is 1.28. The standard InChI is InChI=1S/C4H7BrO/c1-2-4(5)3-6/h2,6H,3H2,1H3. The summed E-state index contributed by atoms with van der Waals surface area (Å²) in [6.45, 7) is 1.97. The third-order valence-corrected chi connectivity index (χ3v) is 1.17. The first kappa shape index (κ1) is 6.18. The Labute approximate surface area is 45.8 Å². The average Bonchev–Trinajstić information content (AvgIpc) is 1.65. The Hall–Kier alpha value is 0.180. The molecule has 0 unspecified atom stereocenters. The van der Waals surface area contributed by atoms with Crippen LogP contribution >= 0.6 is 15.9 Å². The summed E-state index contributed by atoms with van der Waals surface area (Å²) < 4.78 is 0.836. The molecule has 0 atom stereocenters. The number of rotatable bonds is 1.